The lowest BCUT2D eigenvalue weighted by Gasteiger charge is -2.09. The number of nitro groups is 1. The number of rotatable bonds is 3. The van der Waals surface area contributed by atoms with E-state index in [2.05, 4.69) is 21.0 Å². The highest BCUT2D eigenvalue weighted by molar-refractivity contribution is 9.10. The number of hydrogen-bond donors (Lipinski definition) is 0. The molecule has 24 heavy (non-hydrogen) atoms. The Morgan fingerprint density at radius 2 is 1.96 bits per heavy atom. The Bertz CT molecular complexity index is 937. The van der Waals surface area contributed by atoms with Crippen LogP contribution >= 0.6 is 15.9 Å². The number of nitro benzene ring substituents is 1. The Kier molecular flexibility index (Phi) is 4.04. The van der Waals surface area contributed by atoms with Crippen LogP contribution in [0.3, 0.4) is 0 Å². The molecule has 1 heterocycles. The minimum atomic E-state index is -4.41. The molecule has 3 rings (SSSR count). The van der Waals surface area contributed by atoms with Crippen molar-refractivity contribution in [2.75, 3.05) is 0 Å². The SMILES string of the molecule is O=[N+]([O-])c1ccc2c(c1)c(Br)nn2Cc1cccc(C(F)(F)F)c1. The van der Waals surface area contributed by atoms with Crippen molar-refractivity contribution >= 4 is 32.5 Å². The number of aromatic nitrogens is 2. The maximum Gasteiger partial charge on any atom is 0.416 e. The van der Waals surface area contributed by atoms with Crippen molar-refractivity contribution in [1.29, 1.82) is 0 Å². The van der Waals surface area contributed by atoms with E-state index in [-0.39, 0.29) is 12.2 Å². The molecule has 0 aliphatic heterocycles. The lowest BCUT2D eigenvalue weighted by atomic mass is 10.1. The van der Waals surface area contributed by atoms with Gasteiger partial charge in [-0.1, -0.05) is 12.1 Å². The number of benzene rings is 2. The molecule has 5 nitrogen and oxygen atoms in total. The maximum atomic E-state index is 12.8. The molecule has 9 heteroatoms. The summed E-state index contributed by atoms with van der Waals surface area (Å²) in [6.07, 6.45) is -4.41. The standard InChI is InChI=1S/C15H9BrF3N3O2/c16-14-12-7-11(22(23)24)4-5-13(12)21(20-14)8-9-2-1-3-10(6-9)15(17,18)19/h1-7H,8H2. The fourth-order valence-corrected chi connectivity index (χ4v) is 2.89. The molecular weight excluding hydrogens is 391 g/mol. The average molecular weight is 400 g/mol. The summed E-state index contributed by atoms with van der Waals surface area (Å²) < 4.78 is 40.3. The second-order valence-corrected chi connectivity index (χ2v) is 5.86. The highest BCUT2D eigenvalue weighted by Crippen LogP contribution is 2.31. The van der Waals surface area contributed by atoms with Gasteiger partial charge in [-0.2, -0.15) is 18.3 Å². The van der Waals surface area contributed by atoms with Gasteiger partial charge < -0.3 is 0 Å². The van der Waals surface area contributed by atoms with Crippen LogP contribution in [0.5, 0.6) is 0 Å². The quantitative estimate of drug-likeness (QED) is 0.470. The van der Waals surface area contributed by atoms with Gasteiger partial charge in [0.15, 0.2) is 0 Å². The van der Waals surface area contributed by atoms with Gasteiger partial charge in [0.1, 0.15) is 4.60 Å². The van der Waals surface area contributed by atoms with Crippen LogP contribution in [0.4, 0.5) is 18.9 Å². The first-order valence-electron chi connectivity index (χ1n) is 6.72. The van der Waals surface area contributed by atoms with Gasteiger partial charge in [0.05, 0.1) is 22.5 Å². The maximum absolute atomic E-state index is 12.8. The van der Waals surface area contributed by atoms with Gasteiger partial charge in [-0.3, -0.25) is 14.8 Å². The summed E-state index contributed by atoms with van der Waals surface area (Å²) in [5, 5.41) is 15.6. The first kappa shape index (κ1) is 16.4. The molecule has 2 aromatic carbocycles. The monoisotopic (exact) mass is 399 g/mol. The summed E-state index contributed by atoms with van der Waals surface area (Å²) in [5.74, 6) is 0. The molecule has 0 atom stereocenters. The van der Waals surface area contributed by atoms with Crippen LogP contribution in [-0.4, -0.2) is 14.7 Å². The molecule has 0 fully saturated rings. The molecule has 0 saturated heterocycles. The van der Waals surface area contributed by atoms with Crippen molar-refractivity contribution in [3.05, 3.63) is 68.3 Å². The second-order valence-electron chi connectivity index (χ2n) is 5.11. The lowest BCUT2D eigenvalue weighted by Crippen LogP contribution is -2.07. The van der Waals surface area contributed by atoms with Crippen LogP contribution in [0.25, 0.3) is 10.9 Å². The Morgan fingerprint density at radius 3 is 2.62 bits per heavy atom. The van der Waals surface area contributed by atoms with Crippen LogP contribution in [0, 0.1) is 10.1 Å². The van der Waals surface area contributed by atoms with E-state index in [4.69, 9.17) is 0 Å². The molecule has 0 aliphatic carbocycles. The van der Waals surface area contributed by atoms with Gasteiger partial charge in [0, 0.05) is 17.5 Å². The van der Waals surface area contributed by atoms with Crippen LogP contribution in [0.15, 0.2) is 47.1 Å². The molecule has 0 amide bonds. The van der Waals surface area contributed by atoms with E-state index in [1.807, 2.05) is 0 Å². The third-order valence-corrected chi connectivity index (χ3v) is 4.07. The van der Waals surface area contributed by atoms with Crippen LogP contribution < -0.4 is 0 Å². The smallest absolute Gasteiger partial charge is 0.259 e. The van der Waals surface area contributed by atoms with Gasteiger partial charge in [0.25, 0.3) is 5.69 Å². The average Bonchev–Trinajstić information content (AvgIpc) is 2.82. The second kappa shape index (κ2) is 5.90. The number of hydrogen-bond acceptors (Lipinski definition) is 3. The third kappa shape index (κ3) is 3.12. The zero-order chi connectivity index (χ0) is 17.5. The zero-order valence-electron chi connectivity index (χ0n) is 11.9. The summed E-state index contributed by atoms with van der Waals surface area (Å²) in [5.41, 5.74) is 0.206. The van der Waals surface area contributed by atoms with Crippen molar-refractivity contribution in [2.24, 2.45) is 0 Å². The number of alkyl halides is 3. The molecule has 0 saturated carbocycles. The normalized spacial score (nSPS) is 11.8. The number of fused-ring (bicyclic) bond motifs is 1. The molecule has 124 valence electrons. The Labute approximate surface area is 142 Å². The van der Waals surface area contributed by atoms with E-state index in [0.717, 1.165) is 12.1 Å². The Morgan fingerprint density at radius 1 is 1.21 bits per heavy atom. The number of nitrogens with zero attached hydrogens (tertiary/aromatic N) is 3. The molecule has 0 bridgehead atoms. The highest BCUT2D eigenvalue weighted by atomic mass is 79.9. The topological polar surface area (TPSA) is 61.0 Å². The third-order valence-electron chi connectivity index (χ3n) is 3.49. The predicted octanol–water partition coefficient (Wildman–Crippen LogP) is 4.77. The molecule has 3 aromatic rings. The van der Waals surface area contributed by atoms with E-state index < -0.39 is 16.7 Å². The van der Waals surface area contributed by atoms with Crippen LogP contribution in [-0.2, 0) is 12.7 Å². The van der Waals surface area contributed by atoms with Crippen molar-refractivity contribution < 1.29 is 18.1 Å². The molecule has 0 radical (unpaired) electrons. The van der Waals surface area contributed by atoms with Crippen molar-refractivity contribution in [3.8, 4) is 0 Å². The summed E-state index contributed by atoms with van der Waals surface area (Å²) in [4.78, 5) is 10.3. The van der Waals surface area contributed by atoms with E-state index in [1.54, 1.807) is 6.07 Å². The van der Waals surface area contributed by atoms with Gasteiger partial charge >= 0.3 is 6.18 Å². The largest absolute Gasteiger partial charge is 0.416 e. The summed E-state index contributed by atoms with van der Waals surface area (Å²) in [7, 11) is 0. The van der Waals surface area contributed by atoms with Gasteiger partial charge in [-0.15, -0.1) is 0 Å². The molecule has 0 aliphatic rings. The van der Waals surface area contributed by atoms with E-state index >= 15 is 0 Å². The molecule has 0 unspecified atom stereocenters. The summed E-state index contributed by atoms with van der Waals surface area (Å²) >= 11 is 3.23. The van der Waals surface area contributed by atoms with Crippen molar-refractivity contribution in [3.63, 3.8) is 0 Å². The number of non-ortho nitro benzene ring substituents is 1. The first-order chi connectivity index (χ1) is 11.3. The predicted molar refractivity (Wildman–Crippen MR) is 84.6 cm³/mol. The van der Waals surface area contributed by atoms with Gasteiger partial charge in [-0.05, 0) is 39.7 Å². The van der Waals surface area contributed by atoms with Crippen LogP contribution in [0.1, 0.15) is 11.1 Å². The lowest BCUT2D eigenvalue weighted by molar-refractivity contribution is -0.384. The minimum absolute atomic E-state index is 0.0816. The zero-order valence-corrected chi connectivity index (χ0v) is 13.5. The molecular formula is C15H9BrF3N3O2. The van der Waals surface area contributed by atoms with E-state index in [9.17, 15) is 23.3 Å². The Balaban J connectivity index is 2.01. The molecule has 0 spiro atoms. The fraction of sp³-hybridized carbons (Fsp3) is 0.133. The molecule has 1 aromatic heterocycles. The van der Waals surface area contributed by atoms with Crippen LogP contribution in [0.2, 0.25) is 0 Å². The van der Waals surface area contributed by atoms with E-state index in [1.165, 1.54) is 28.9 Å². The minimum Gasteiger partial charge on any atom is -0.259 e. The number of halogens is 4. The Hall–Kier alpha value is -2.42. The first-order valence-corrected chi connectivity index (χ1v) is 7.51. The van der Waals surface area contributed by atoms with Crippen molar-refractivity contribution in [1.82, 2.24) is 9.78 Å². The van der Waals surface area contributed by atoms with E-state index in [0.29, 0.717) is 21.1 Å². The highest BCUT2D eigenvalue weighted by Gasteiger charge is 2.30. The summed E-state index contributed by atoms with van der Waals surface area (Å²) in [6, 6.07) is 9.20. The van der Waals surface area contributed by atoms with Gasteiger partial charge in [0.2, 0.25) is 0 Å². The summed E-state index contributed by atoms with van der Waals surface area (Å²) in [6.45, 7) is 0.115. The molecule has 0 N–H and O–H groups in total. The fourth-order valence-electron chi connectivity index (χ4n) is 2.38. The van der Waals surface area contributed by atoms with Crippen molar-refractivity contribution in [2.45, 2.75) is 12.7 Å². The van der Waals surface area contributed by atoms with Gasteiger partial charge in [-0.25, -0.2) is 0 Å².